The van der Waals surface area contributed by atoms with Gasteiger partial charge in [0.05, 0.1) is 6.04 Å². The topological polar surface area (TPSA) is 38.3 Å². The van der Waals surface area contributed by atoms with Gasteiger partial charge in [-0.1, -0.05) is 42.5 Å². The Morgan fingerprint density at radius 1 is 1.10 bits per heavy atom. The van der Waals surface area contributed by atoms with Gasteiger partial charge in [0, 0.05) is 0 Å². The summed E-state index contributed by atoms with van der Waals surface area (Å²) in [6, 6.07) is 17.9. The molecule has 0 aliphatic heterocycles. The Labute approximate surface area is 124 Å². The van der Waals surface area contributed by atoms with Crippen molar-refractivity contribution in [3.05, 3.63) is 65.7 Å². The van der Waals surface area contributed by atoms with Crippen LogP contribution in [0.25, 0.3) is 0 Å². The normalized spacial score (nSPS) is 16.9. The molecule has 0 radical (unpaired) electrons. The second kappa shape index (κ2) is 6.44. The SMILES string of the molecule is O=C(COc1ccccc1)N[C@@H]1CCCc2ccccc21. The van der Waals surface area contributed by atoms with Crippen LogP contribution in [0.2, 0.25) is 0 Å². The van der Waals surface area contributed by atoms with Crippen LogP contribution in [0.15, 0.2) is 54.6 Å². The fraction of sp³-hybridized carbons (Fsp3) is 0.278. The minimum atomic E-state index is -0.0689. The van der Waals surface area contributed by atoms with E-state index >= 15 is 0 Å². The van der Waals surface area contributed by atoms with Crippen molar-refractivity contribution in [2.24, 2.45) is 0 Å². The van der Waals surface area contributed by atoms with E-state index in [4.69, 9.17) is 4.74 Å². The smallest absolute Gasteiger partial charge is 0.258 e. The molecule has 0 aromatic heterocycles. The van der Waals surface area contributed by atoms with Crippen molar-refractivity contribution in [3.63, 3.8) is 0 Å². The van der Waals surface area contributed by atoms with E-state index in [0.717, 1.165) is 25.0 Å². The zero-order valence-corrected chi connectivity index (χ0v) is 11.9. The summed E-state index contributed by atoms with van der Waals surface area (Å²) in [5, 5.41) is 3.08. The Kier molecular flexibility index (Phi) is 4.20. The van der Waals surface area contributed by atoms with Crippen LogP contribution in [-0.4, -0.2) is 12.5 Å². The third-order valence-electron chi connectivity index (χ3n) is 3.82. The summed E-state index contributed by atoms with van der Waals surface area (Å²) >= 11 is 0. The minimum absolute atomic E-state index is 0.0582. The summed E-state index contributed by atoms with van der Waals surface area (Å²) in [7, 11) is 0. The molecule has 21 heavy (non-hydrogen) atoms. The lowest BCUT2D eigenvalue weighted by Gasteiger charge is -2.26. The second-order valence-electron chi connectivity index (χ2n) is 5.31. The van der Waals surface area contributed by atoms with Crippen molar-refractivity contribution < 1.29 is 9.53 Å². The number of carbonyl (C=O) groups excluding carboxylic acids is 1. The number of carbonyl (C=O) groups is 1. The lowest BCUT2D eigenvalue weighted by atomic mass is 9.88. The fourth-order valence-electron chi connectivity index (χ4n) is 2.81. The van der Waals surface area contributed by atoms with E-state index in [-0.39, 0.29) is 18.6 Å². The molecule has 0 spiro atoms. The first-order valence-corrected chi connectivity index (χ1v) is 7.38. The Bertz CT molecular complexity index is 610. The van der Waals surface area contributed by atoms with E-state index in [9.17, 15) is 4.79 Å². The largest absolute Gasteiger partial charge is 0.484 e. The molecule has 0 saturated heterocycles. The molecule has 1 N–H and O–H groups in total. The van der Waals surface area contributed by atoms with Gasteiger partial charge in [-0.2, -0.15) is 0 Å². The third-order valence-corrected chi connectivity index (χ3v) is 3.82. The van der Waals surface area contributed by atoms with Crippen LogP contribution < -0.4 is 10.1 Å². The molecule has 108 valence electrons. The van der Waals surface area contributed by atoms with Crippen LogP contribution in [-0.2, 0) is 11.2 Å². The maximum atomic E-state index is 12.1. The Morgan fingerprint density at radius 2 is 1.86 bits per heavy atom. The van der Waals surface area contributed by atoms with Crippen LogP contribution in [0, 0.1) is 0 Å². The van der Waals surface area contributed by atoms with E-state index in [2.05, 4.69) is 23.5 Å². The van der Waals surface area contributed by atoms with Crippen molar-refractivity contribution in [2.45, 2.75) is 25.3 Å². The van der Waals surface area contributed by atoms with E-state index in [1.54, 1.807) is 0 Å². The van der Waals surface area contributed by atoms with Crippen LogP contribution in [0.1, 0.15) is 30.0 Å². The molecular weight excluding hydrogens is 262 g/mol. The summed E-state index contributed by atoms with van der Waals surface area (Å²) < 4.78 is 5.49. The molecule has 1 atom stereocenters. The number of ether oxygens (including phenoxy) is 1. The maximum absolute atomic E-state index is 12.1. The van der Waals surface area contributed by atoms with Crippen molar-refractivity contribution in [1.82, 2.24) is 5.32 Å². The van der Waals surface area contributed by atoms with Crippen LogP contribution in [0.5, 0.6) is 5.75 Å². The molecular formula is C18H19NO2. The average Bonchev–Trinajstić information content (AvgIpc) is 2.54. The number of benzene rings is 2. The van der Waals surface area contributed by atoms with E-state index in [1.807, 2.05) is 36.4 Å². The first-order valence-electron chi connectivity index (χ1n) is 7.38. The molecule has 0 heterocycles. The third kappa shape index (κ3) is 3.43. The highest BCUT2D eigenvalue weighted by Crippen LogP contribution is 2.29. The molecule has 3 nitrogen and oxygen atoms in total. The number of para-hydroxylation sites is 1. The maximum Gasteiger partial charge on any atom is 0.258 e. The van der Waals surface area contributed by atoms with Gasteiger partial charge in [0.15, 0.2) is 6.61 Å². The highest BCUT2D eigenvalue weighted by atomic mass is 16.5. The van der Waals surface area contributed by atoms with Gasteiger partial charge in [0.2, 0.25) is 0 Å². The highest BCUT2D eigenvalue weighted by molar-refractivity contribution is 5.78. The lowest BCUT2D eigenvalue weighted by molar-refractivity contribution is -0.123. The molecule has 0 unspecified atom stereocenters. The molecule has 1 aliphatic rings. The molecule has 2 aromatic rings. The summed E-state index contributed by atoms with van der Waals surface area (Å²) in [5.74, 6) is 0.650. The van der Waals surface area contributed by atoms with Crippen LogP contribution in [0.3, 0.4) is 0 Å². The fourth-order valence-corrected chi connectivity index (χ4v) is 2.81. The first-order chi connectivity index (χ1) is 10.3. The van der Waals surface area contributed by atoms with Crippen LogP contribution >= 0.6 is 0 Å². The lowest BCUT2D eigenvalue weighted by Crippen LogP contribution is -2.34. The van der Waals surface area contributed by atoms with Gasteiger partial charge in [-0.3, -0.25) is 4.79 Å². The number of hydrogen-bond donors (Lipinski definition) is 1. The Hall–Kier alpha value is -2.29. The quantitative estimate of drug-likeness (QED) is 0.934. The van der Waals surface area contributed by atoms with E-state index in [1.165, 1.54) is 11.1 Å². The monoisotopic (exact) mass is 281 g/mol. The minimum Gasteiger partial charge on any atom is -0.484 e. The summed E-state index contributed by atoms with van der Waals surface area (Å²) in [6.07, 6.45) is 3.21. The number of amides is 1. The van der Waals surface area contributed by atoms with E-state index < -0.39 is 0 Å². The van der Waals surface area contributed by atoms with Crippen molar-refractivity contribution in [1.29, 1.82) is 0 Å². The number of aryl methyl sites for hydroxylation is 1. The number of hydrogen-bond acceptors (Lipinski definition) is 2. The molecule has 2 aromatic carbocycles. The molecule has 3 heteroatoms. The van der Waals surface area contributed by atoms with E-state index in [0.29, 0.717) is 0 Å². The van der Waals surface area contributed by atoms with Crippen molar-refractivity contribution in [2.75, 3.05) is 6.61 Å². The summed E-state index contributed by atoms with van der Waals surface area (Å²) in [5.41, 5.74) is 2.59. The molecule has 3 rings (SSSR count). The molecule has 0 fully saturated rings. The van der Waals surface area contributed by atoms with Crippen LogP contribution in [0.4, 0.5) is 0 Å². The number of nitrogens with one attached hydrogen (secondary N) is 1. The molecule has 0 saturated carbocycles. The zero-order chi connectivity index (χ0) is 14.5. The van der Waals surface area contributed by atoms with Gasteiger partial charge in [-0.25, -0.2) is 0 Å². The predicted octanol–water partition coefficient (Wildman–Crippen LogP) is 3.26. The summed E-state index contributed by atoms with van der Waals surface area (Å²) in [4.78, 5) is 12.1. The van der Waals surface area contributed by atoms with Gasteiger partial charge in [-0.15, -0.1) is 0 Å². The molecule has 0 bridgehead atoms. The predicted molar refractivity (Wildman–Crippen MR) is 82.2 cm³/mol. The van der Waals surface area contributed by atoms with Crippen molar-refractivity contribution in [3.8, 4) is 5.75 Å². The van der Waals surface area contributed by atoms with Gasteiger partial charge in [-0.05, 0) is 42.5 Å². The van der Waals surface area contributed by atoms with Gasteiger partial charge in [0.25, 0.3) is 5.91 Å². The number of rotatable bonds is 4. The Balaban J connectivity index is 1.58. The molecule has 1 aliphatic carbocycles. The number of fused-ring (bicyclic) bond motifs is 1. The zero-order valence-electron chi connectivity index (χ0n) is 11.9. The summed E-state index contributed by atoms with van der Waals surface area (Å²) in [6.45, 7) is 0.0582. The molecule has 1 amide bonds. The van der Waals surface area contributed by atoms with Gasteiger partial charge < -0.3 is 10.1 Å². The Morgan fingerprint density at radius 3 is 2.71 bits per heavy atom. The second-order valence-corrected chi connectivity index (χ2v) is 5.31. The first kappa shape index (κ1) is 13.7. The standard InChI is InChI=1S/C18H19NO2/c20-18(13-21-15-9-2-1-3-10-15)19-17-12-6-8-14-7-4-5-11-16(14)17/h1-5,7,9-11,17H,6,8,12-13H2,(H,19,20)/t17-/m1/s1. The van der Waals surface area contributed by atoms with Gasteiger partial charge >= 0.3 is 0 Å². The van der Waals surface area contributed by atoms with Crippen molar-refractivity contribution >= 4 is 5.91 Å². The highest BCUT2D eigenvalue weighted by Gasteiger charge is 2.21. The van der Waals surface area contributed by atoms with Gasteiger partial charge in [0.1, 0.15) is 5.75 Å². The average molecular weight is 281 g/mol.